The maximum Gasteiger partial charge on any atom is 0.145 e. The molecule has 1 aromatic heterocycles. The van der Waals surface area contributed by atoms with Crippen molar-refractivity contribution < 1.29 is 5.11 Å². The van der Waals surface area contributed by atoms with Crippen LogP contribution in [0.5, 0.6) is 5.75 Å². The molecule has 0 amide bonds. The topological polar surface area (TPSA) is 73.3 Å². The van der Waals surface area contributed by atoms with Gasteiger partial charge in [-0.2, -0.15) is 0 Å². The molecular weight excluding hydrogens is 422 g/mol. The molecule has 2 aliphatic heterocycles. The molecule has 7 rings (SSSR count). The molecular formula is C28H29N5O. The second kappa shape index (κ2) is 7.93. The van der Waals surface area contributed by atoms with Gasteiger partial charge in [-0.15, -0.1) is 0 Å². The van der Waals surface area contributed by atoms with Crippen LogP contribution in [0.2, 0.25) is 0 Å². The SMILES string of the molecule is Oc1cc(-c2ccc3c(N4C[C@H]5CC[C@@H](C4)N5)nc(CNC4CC4)nc3c2)c2ccccc2c1. The van der Waals surface area contributed by atoms with Gasteiger partial charge in [0.1, 0.15) is 17.4 Å². The number of nitrogens with one attached hydrogen (secondary N) is 2. The molecule has 1 aliphatic carbocycles. The number of phenols is 1. The molecule has 3 aromatic carbocycles. The van der Waals surface area contributed by atoms with Gasteiger partial charge in [0.05, 0.1) is 12.1 Å². The molecule has 2 atom stereocenters. The zero-order valence-corrected chi connectivity index (χ0v) is 19.2. The number of rotatable bonds is 5. The van der Waals surface area contributed by atoms with E-state index in [4.69, 9.17) is 9.97 Å². The quantitative estimate of drug-likeness (QED) is 0.419. The smallest absolute Gasteiger partial charge is 0.145 e. The Balaban J connectivity index is 1.35. The summed E-state index contributed by atoms with van der Waals surface area (Å²) in [6.45, 7) is 2.69. The first-order valence-electron chi connectivity index (χ1n) is 12.5. The number of nitrogens with zero attached hydrogens (tertiary/aromatic N) is 3. The highest BCUT2D eigenvalue weighted by Gasteiger charge is 2.33. The predicted molar refractivity (Wildman–Crippen MR) is 136 cm³/mol. The lowest BCUT2D eigenvalue weighted by Gasteiger charge is -2.34. The Labute approximate surface area is 199 Å². The maximum atomic E-state index is 10.4. The fourth-order valence-corrected chi connectivity index (χ4v) is 5.67. The lowest BCUT2D eigenvalue weighted by molar-refractivity contribution is 0.463. The molecule has 2 saturated heterocycles. The third-order valence-corrected chi connectivity index (χ3v) is 7.52. The number of aromatic hydroxyl groups is 1. The normalized spacial score (nSPS) is 22.1. The van der Waals surface area contributed by atoms with E-state index >= 15 is 0 Å². The number of fused-ring (bicyclic) bond motifs is 4. The van der Waals surface area contributed by atoms with Gasteiger partial charge in [-0.1, -0.05) is 30.3 Å². The predicted octanol–water partition coefficient (Wildman–Crippen LogP) is 4.35. The first-order valence-corrected chi connectivity index (χ1v) is 12.5. The van der Waals surface area contributed by atoms with Crippen LogP contribution in [0.4, 0.5) is 5.82 Å². The van der Waals surface area contributed by atoms with Crippen molar-refractivity contribution in [2.75, 3.05) is 18.0 Å². The minimum Gasteiger partial charge on any atom is -0.508 e. The molecule has 2 bridgehead atoms. The molecule has 3 fully saturated rings. The monoisotopic (exact) mass is 451 g/mol. The van der Waals surface area contributed by atoms with Crippen LogP contribution in [0.3, 0.4) is 0 Å². The summed E-state index contributed by atoms with van der Waals surface area (Å²) in [6, 6.07) is 20.1. The first-order chi connectivity index (χ1) is 16.7. The number of piperazine rings is 1. The van der Waals surface area contributed by atoms with Crippen LogP contribution < -0.4 is 15.5 Å². The number of phenolic OH excluding ortho intramolecular Hbond substituents is 1. The summed E-state index contributed by atoms with van der Waals surface area (Å²) in [6.07, 6.45) is 4.98. The summed E-state index contributed by atoms with van der Waals surface area (Å²) in [5, 5.41) is 21.0. The van der Waals surface area contributed by atoms with Gasteiger partial charge in [0.25, 0.3) is 0 Å². The van der Waals surface area contributed by atoms with Gasteiger partial charge in [0, 0.05) is 36.6 Å². The Morgan fingerprint density at radius 2 is 1.74 bits per heavy atom. The van der Waals surface area contributed by atoms with Gasteiger partial charge < -0.3 is 20.6 Å². The lowest BCUT2D eigenvalue weighted by Crippen LogP contribution is -2.51. The van der Waals surface area contributed by atoms with Crippen LogP contribution in [0.1, 0.15) is 31.5 Å². The summed E-state index contributed by atoms with van der Waals surface area (Å²) in [7, 11) is 0. The van der Waals surface area contributed by atoms with Crippen LogP contribution in [0, 0.1) is 0 Å². The Morgan fingerprint density at radius 1 is 0.912 bits per heavy atom. The molecule has 0 radical (unpaired) electrons. The van der Waals surface area contributed by atoms with Crippen molar-refractivity contribution in [3.05, 3.63) is 60.4 Å². The number of anilines is 1. The maximum absolute atomic E-state index is 10.4. The van der Waals surface area contributed by atoms with E-state index in [1.54, 1.807) is 0 Å². The van der Waals surface area contributed by atoms with E-state index < -0.39 is 0 Å². The van der Waals surface area contributed by atoms with Crippen LogP contribution in [0.15, 0.2) is 54.6 Å². The molecule has 172 valence electrons. The zero-order chi connectivity index (χ0) is 22.6. The molecule has 4 aromatic rings. The molecule has 0 unspecified atom stereocenters. The molecule has 1 saturated carbocycles. The molecule has 3 N–H and O–H groups in total. The highest BCUT2D eigenvalue weighted by atomic mass is 16.3. The molecule has 3 aliphatic rings. The van der Waals surface area contributed by atoms with Crippen LogP contribution in [-0.4, -0.2) is 46.3 Å². The van der Waals surface area contributed by atoms with E-state index in [0.717, 1.165) is 57.5 Å². The van der Waals surface area contributed by atoms with Gasteiger partial charge in [0.2, 0.25) is 0 Å². The average molecular weight is 452 g/mol. The molecule has 3 heterocycles. The van der Waals surface area contributed by atoms with Crippen molar-refractivity contribution in [1.82, 2.24) is 20.6 Å². The summed E-state index contributed by atoms with van der Waals surface area (Å²) >= 11 is 0. The Bertz CT molecular complexity index is 1390. The zero-order valence-electron chi connectivity index (χ0n) is 19.2. The fourth-order valence-electron chi connectivity index (χ4n) is 5.67. The standard InChI is InChI=1S/C28H29N5O/c34-22-11-17-3-1-2-4-23(17)25(13-22)18-5-10-24-26(12-18)31-27(14-29-19-6-7-19)32-28(24)33-15-20-8-9-21(16-33)30-20/h1-5,10-13,19-21,29-30,34H,6-9,14-16H2/t20-,21+. The third-order valence-electron chi connectivity index (χ3n) is 7.52. The summed E-state index contributed by atoms with van der Waals surface area (Å²) < 4.78 is 0. The van der Waals surface area contributed by atoms with Gasteiger partial charge in [-0.3, -0.25) is 0 Å². The van der Waals surface area contributed by atoms with Crippen molar-refractivity contribution >= 4 is 27.5 Å². The minimum absolute atomic E-state index is 0.280. The highest BCUT2D eigenvalue weighted by Crippen LogP contribution is 2.36. The lowest BCUT2D eigenvalue weighted by atomic mass is 9.97. The Morgan fingerprint density at radius 3 is 2.56 bits per heavy atom. The summed E-state index contributed by atoms with van der Waals surface area (Å²) in [5.41, 5.74) is 3.05. The van der Waals surface area contributed by atoms with Gasteiger partial charge >= 0.3 is 0 Å². The van der Waals surface area contributed by atoms with Gasteiger partial charge in [-0.05, 0) is 71.8 Å². The van der Waals surface area contributed by atoms with E-state index in [0.29, 0.717) is 24.7 Å². The molecule has 6 heteroatoms. The van der Waals surface area contributed by atoms with Crippen molar-refractivity contribution in [2.24, 2.45) is 0 Å². The van der Waals surface area contributed by atoms with Crippen molar-refractivity contribution in [3.63, 3.8) is 0 Å². The third kappa shape index (κ3) is 3.67. The molecule has 34 heavy (non-hydrogen) atoms. The van der Waals surface area contributed by atoms with Gasteiger partial charge in [0.15, 0.2) is 0 Å². The van der Waals surface area contributed by atoms with E-state index in [-0.39, 0.29) is 5.75 Å². The molecule has 6 nitrogen and oxygen atoms in total. The van der Waals surface area contributed by atoms with E-state index in [1.165, 1.54) is 25.7 Å². The second-order valence-corrected chi connectivity index (χ2v) is 10.1. The van der Waals surface area contributed by atoms with E-state index in [1.807, 2.05) is 30.3 Å². The van der Waals surface area contributed by atoms with Crippen molar-refractivity contribution in [3.8, 4) is 16.9 Å². The van der Waals surface area contributed by atoms with Crippen LogP contribution in [0.25, 0.3) is 32.8 Å². The van der Waals surface area contributed by atoms with E-state index in [2.05, 4.69) is 39.8 Å². The first kappa shape index (κ1) is 20.2. The Hall–Kier alpha value is -3.22. The Kier molecular flexibility index (Phi) is 4.71. The van der Waals surface area contributed by atoms with Crippen molar-refractivity contribution in [2.45, 2.75) is 50.4 Å². The van der Waals surface area contributed by atoms with Crippen molar-refractivity contribution in [1.29, 1.82) is 0 Å². The summed E-state index contributed by atoms with van der Waals surface area (Å²) in [4.78, 5) is 12.5. The number of benzene rings is 3. The van der Waals surface area contributed by atoms with Gasteiger partial charge in [-0.25, -0.2) is 9.97 Å². The highest BCUT2D eigenvalue weighted by molar-refractivity contribution is 6.00. The van der Waals surface area contributed by atoms with Crippen LogP contribution in [-0.2, 0) is 6.54 Å². The average Bonchev–Trinajstić information content (AvgIpc) is 3.63. The molecule has 0 spiro atoms. The number of hydrogen-bond acceptors (Lipinski definition) is 6. The fraction of sp³-hybridized carbons (Fsp3) is 0.357. The van der Waals surface area contributed by atoms with E-state index in [9.17, 15) is 5.11 Å². The minimum atomic E-state index is 0.280. The summed E-state index contributed by atoms with van der Waals surface area (Å²) in [5.74, 6) is 2.20. The second-order valence-electron chi connectivity index (χ2n) is 10.1. The number of hydrogen-bond donors (Lipinski definition) is 3. The largest absolute Gasteiger partial charge is 0.508 e. The van der Waals surface area contributed by atoms with Crippen LogP contribution >= 0.6 is 0 Å². The number of aromatic nitrogens is 2.